The first-order chi connectivity index (χ1) is 17.6. The van der Waals surface area contributed by atoms with Gasteiger partial charge in [0.2, 0.25) is 5.91 Å². The summed E-state index contributed by atoms with van der Waals surface area (Å²) >= 11 is 0. The number of halogens is 1. The number of nitrogens with two attached hydrogens (primary N) is 2. The van der Waals surface area contributed by atoms with Crippen LogP contribution in [0.3, 0.4) is 0 Å². The molecule has 3 fully saturated rings. The first kappa shape index (κ1) is 30.3. The lowest BCUT2D eigenvalue weighted by Crippen LogP contribution is -2.58. The van der Waals surface area contributed by atoms with Gasteiger partial charge in [0.15, 0.2) is 0 Å². The Bertz CT molecular complexity index is 989. The quantitative estimate of drug-likeness (QED) is 0.419. The summed E-state index contributed by atoms with van der Waals surface area (Å²) in [4.78, 5) is 45.2. The molecule has 3 amide bonds. The Morgan fingerprint density at radius 1 is 1.00 bits per heavy atom. The van der Waals surface area contributed by atoms with Crippen molar-refractivity contribution in [1.29, 1.82) is 0 Å². The molecule has 1 aromatic rings. The smallest absolute Gasteiger partial charge is 0.338 e. The highest BCUT2D eigenvalue weighted by molar-refractivity contribution is 5.89. The summed E-state index contributed by atoms with van der Waals surface area (Å²) in [5.41, 5.74) is 10.7. The summed E-state index contributed by atoms with van der Waals surface area (Å²) in [5.74, 6) is 0.760. The van der Waals surface area contributed by atoms with Crippen LogP contribution in [0.25, 0.3) is 0 Å². The van der Waals surface area contributed by atoms with E-state index < -0.39 is 5.54 Å². The molecule has 6 N–H and O–H groups in total. The Kier molecular flexibility index (Phi) is 10.6. The fourth-order valence-corrected chi connectivity index (χ4v) is 5.75. The van der Waals surface area contributed by atoms with E-state index in [1.54, 1.807) is 40.5 Å². The molecular formula is C26H45ClN8O3. The molecule has 38 heavy (non-hydrogen) atoms. The zero-order valence-electron chi connectivity index (χ0n) is 22.7. The number of carbonyl (C=O) groups excluding carboxylic acids is 2. The molecule has 0 spiro atoms. The maximum Gasteiger partial charge on any atom is 0.349 e. The van der Waals surface area contributed by atoms with E-state index in [1.165, 1.54) is 12.8 Å². The highest BCUT2D eigenvalue weighted by Gasteiger charge is 2.31. The molecular weight excluding hydrogens is 508 g/mol. The number of nitrogens with one attached hydrogen (secondary N) is 2. The van der Waals surface area contributed by atoms with Crippen molar-refractivity contribution >= 4 is 30.2 Å². The number of hydrogen-bond donors (Lipinski definition) is 4. The van der Waals surface area contributed by atoms with Crippen LogP contribution >= 0.6 is 12.4 Å². The largest absolute Gasteiger partial charge is 0.349 e. The number of nitrogens with zero attached hydrogens (tertiary/aromatic N) is 4. The van der Waals surface area contributed by atoms with Gasteiger partial charge in [-0.15, -0.1) is 12.4 Å². The second-order valence-corrected chi connectivity index (χ2v) is 11.6. The second-order valence-electron chi connectivity index (χ2n) is 11.6. The van der Waals surface area contributed by atoms with Crippen molar-refractivity contribution in [1.82, 2.24) is 24.7 Å². The van der Waals surface area contributed by atoms with Gasteiger partial charge in [-0.3, -0.25) is 14.7 Å². The van der Waals surface area contributed by atoms with Gasteiger partial charge in [-0.2, -0.15) is 4.98 Å². The highest BCUT2D eigenvalue weighted by atomic mass is 35.5. The predicted molar refractivity (Wildman–Crippen MR) is 150 cm³/mol. The van der Waals surface area contributed by atoms with Gasteiger partial charge in [-0.05, 0) is 83.7 Å². The van der Waals surface area contributed by atoms with Crippen molar-refractivity contribution < 1.29 is 9.59 Å². The summed E-state index contributed by atoms with van der Waals surface area (Å²) in [6.07, 6.45) is 10.4. The van der Waals surface area contributed by atoms with Crippen molar-refractivity contribution in [2.45, 2.75) is 88.9 Å². The van der Waals surface area contributed by atoms with Gasteiger partial charge >= 0.3 is 11.7 Å². The fraction of sp³-hybridized carbons (Fsp3) is 0.769. The summed E-state index contributed by atoms with van der Waals surface area (Å²) in [6.45, 7) is 6.05. The molecule has 0 aromatic carbocycles. The van der Waals surface area contributed by atoms with Gasteiger partial charge in [-0.25, -0.2) is 9.59 Å². The Labute approximate surface area is 231 Å². The third-order valence-electron chi connectivity index (χ3n) is 8.15. The van der Waals surface area contributed by atoms with Gasteiger partial charge < -0.3 is 26.6 Å². The van der Waals surface area contributed by atoms with Gasteiger partial charge in [0.05, 0.1) is 5.54 Å². The molecule has 1 aliphatic heterocycles. The van der Waals surface area contributed by atoms with Crippen LogP contribution < -0.4 is 27.8 Å². The average molecular weight is 553 g/mol. The van der Waals surface area contributed by atoms with E-state index in [4.69, 9.17) is 11.5 Å². The number of carbonyl (C=O) groups is 2. The Morgan fingerprint density at radius 3 is 2.18 bits per heavy atom. The highest BCUT2D eigenvalue weighted by Crippen LogP contribution is 2.31. The number of aromatic nitrogens is 2. The van der Waals surface area contributed by atoms with Crippen LogP contribution in [0.2, 0.25) is 0 Å². The molecule has 2 saturated carbocycles. The first-order valence-corrected chi connectivity index (χ1v) is 13.8. The van der Waals surface area contributed by atoms with Crippen molar-refractivity contribution in [3.8, 4) is 0 Å². The van der Waals surface area contributed by atoms with Crippen LogP contribution in [0, 0.1) is 5.92 Å². The number of amides is 3. The average Bonchev–Trinajstić information content (AvgIpc) is 2.88. The predicted octanol–water partition coefficient (Wildman–Crippen LogP) is 1.67. The van der Waals surface area contributed by atoms with Gasteiger partial charge in [0.25, 0.3) is 0 Å². The standard InChI is InChI=1S/C26H44N8O3.ClH/c1-26(2,28)23(35)32-13-15-33(16-14-32)24(36)30-22-11-12-34(25(37)31-22)21-9-3-18(4-10-21)17-29-20-7-5-19(27)6-8-20;/h11-12,18-21,29H,3-10,13-17,27-28H2,1-2H3,(H,30,31,36,37);1H/t18-,19-,20-,21-;. The lowest BCUT2D eigenvalue weighted by Gasteiger charge is -2.37. The summed E-state index contributed by atoms with van der Waals surface area (Å²) in [7, 11) is 0. The zero-order chi connectivity index (χ0) is 26.6. The number of hydrogen-bond acceptors (Lipinski definition) is 7. The Morgan fingerprint density at radius 2 is 1.61 bits per heavy atom. The van der Waals surface area contributed by atoms with Crippen LogP contribution in [-0.4, -0.2) is 81.6 Å². The SMILES string of the molecule is CC(C)(N)C(=O)N1CCN(C(=O)Nc2ccn([C@H]3CC[C@H](CN[C@H]4CC[C@H](N)CC4)CC3)c(=O)n2)CC1.Cl. The summed E-state index contributed by atoms with van der Waals surface area (Å²) in [5, 5.41) is 6.47. The van der Waals surface area contributed by atoms with Crippen molar-refractivity contribution in [2.75, 3.05) is 38.0 Å². The molecule has 1 saturated heterocycles. The van der Waals surface area contributed by atoms with Crippen LogP contribution in [0.4, 0.5) is 10.6 Å². The third-order valence-corrected chi connectivity index (χ3v) is 8.15. The number of urea groups is 1. The molecule has 2 aliphatic carbocycles. The number of rotatable bonds is 6. The Balaban J connectivity index is 0.00000400. The van der Waals surface area contributed by atoms with Crippen molar-refractivity contribution in [2.24, 2.45) is 17.4 Å². The van der Waals surface area contributed by atoms with Gasteiger partial charge in [-0.1, -0.05) is 0 Å². The fourth-order valence-electron chi connectivity index (χ4n) is 5.75. The normalized spacial score (nSPS) is 26.4. The third kappa shape index (κ3) is 7.91. The van der Waals surface area contributed by atoms with E-state index in [9.17, 15) is 14.4 Å². The molecule has 0 atom stereocenters. The van der Waals surface area contributed by atoms with Crippen molar-refractivity contribution in [3.05, 3.63) is 22.7 Å². The van der Waals surface area contributed by atoms with Gasteiger partial charge in [0, 0.05) is 50.5 Å². The molecule has 0 bridgehead atoms. The maximum absolute atomic E-state index is 12.8. The molecule has 1 aromatic heterocycles. The Hall–Kier alpha value is -2.21. The molecule has 12 heteroatoms. The molecule has 11 nitrogen and oxygen atoms in total. The summed E-state index contributed by atoms with van der Waals surface area (Å²) < 4.78 is 1.71. The molecule has 214 valence electrons. The zero-order valence-corrected chi connectivity index (χ0v) is 23.5. The van der Waals surface area contributed by atoms with E-state index in [2.05, 4.69) is 15.6 Å². The van der Waals surface area contributed by atoms with Crippen LogP contribution in [0.1, 0.15) is 71.3 Å². The number of anilines is 1. The molecule has 0 unspecified atom stereocenters. The van der Waals surface area contributed by atoms with E-state index in [0.717, 1.165) is 45.1 Å². The molecule has 4 rings (SSSR count). The van der Waals surface area contributed by atoms with Crippen molar-refractivity contribution in [3.63, 3.8) is 0 Å². The molecule has 2 heterocycles. The minimum atomic E-state index is -0.932. The topological polar surface area (TPSA) is 152 Å². The first-order valence-electron chi connectivity index (χ1n) is 13.8. The van der Waals surface area contributed by atoms with E-state index >= 15 is 0 Å². The number of piperazine rings is 1. The molecule has 3 aliphatic rings. The van der Waals surface area contributed by atoms with Crippen LogP contribution in [-0.2, 0) is 4.79 Å². The minimum Gasteiger partial charge on any atom is -0.338 e. The van der Waals surface area contributed by atoms with Crippen LogP contribution in [0.5, 0.6) is 0 Å². The lowest BCUT2D eigenvalue weighted by atomic mass is 9.85. The monoisotopic (exact) mass is 552 g/mol. The van der Waals surface area contributed by atoms with E-state index in [0.29, 0.717) is 44.2 Å². The lowest BCUT2D eigenvalue weighted by molar-refractivity contribution is -0.137. The minimum absolute atomic E-state index is 0. The molecule has 0 radical (unpaired) electrons. The van der Waals surface area contributed by atoms with E-state index in [-0.39, 0.29) is 41.9 Å². The van der Waals surface area contributed by atoms with Gasteiger partial charge in [0.1, 0.15) is 5.82 Å². The van der Waals surface area contributed by atoms with E-state index in [1.807, 2.05) is 0 Å². The van der Waals surface area contributed by atoms with Crippen LogP contribution in [0.15, 0.2) is 17.1 Å². The second kappa shape index (κ2) is 13.2. The maximum atomic E-state index is 12.8. The summed E-state index contributed by atoms with van der Waals surface area (Å²) in [6, 6.07) is 2.48.